The molecule has 0 saturated heterocycles. The van der Waals surface area contributed by atoms with E-state index in [1.165, 1.54) is 0 Å². The number of benzene rings is 2. The maximum Gasteiger partial charge on any atom is 0.286 e. The van der Waals surface area contributed by atoms with Gasteiger partial charge in [-0.25, -0.2) is 4.98 Å². The molecule has 4 rings (SSSR count). The van der Waals surface area contributed by atoms with Gasteiger partial charge in [0.05, 0.1) is 0 Å². The quantitative estimate of drug-likeness (QED) is 0.692. The SMILES string of the molecule is [B]1C=CC=CN1c1nc(-c2ccccc2)nc(-c2ccccc2)n1. The van der Waals surface area contributed by atoms with E-state index in [0.29, 0.717) is 17.6 Å². The Morgan fingerprint density at radius 2 is 1.25 bits per heavy atom. The van der Waals surface area contributed by atoms with Crippen molar-refractivity contribution in [2.45, 2.75) is 0 Å². The first-order valence-electron chi connectivity index (χ1n) is 7.74. The third kappa shape index (κ3) is 2.97. The normalized spacial score (nSPS) is 12.9. The Morgan fingerprint density at radius 1 is 0.667 bits per heavy atom. The topological polar surface area (TPSA) is 41.9 Å². The highest BCUT2D eigenvalue weighted by Gasteiger charge is 2.14. The van der Waals surface area contributed by atoms with Crippen molar-refractivity contribution in [3.63, 3.8) is 0 Å². The number of allylic oxidation sites excluding steroid dienone is 2. The molecule has 0 fully saturated rings. The van der Waals surface area contributed by atoms with Crippen molar-refractivity contribution in [2.75, 3.05) is 4.81 Å². The number of aromatic nitrogens is 3. The molecule has 113 valence electrons. The van der Waals surface area contributed by atoms with Crippen molar-refractivity contribution in [3.8, 4) is 22.8 Å². The summed E-state index contributed by atoms with van der Waals surface area (Å²) in [6.07, 6.45) is 5.85. The van der Waals surface area contributed by atoms with Crippen molar-refractivity contribution < 1.29 is 0 Å². The summed E-state index contributed by atoms with van der Waals surface area (Å²) in [6.45, 7) is 0. The molecule has 1 aliphatic rings. The Hall–Kier alpha value is -3.21. The van der Waals surface area contributed by atoms with Gasteiger partial charge in [0.25, 0.3) is 7.41 Å². The van der Waals surface area contributed by atoms with Crippen LogP contribution in [0.25, 0.3) is 22.8 Å². The fraction of sp³-hybridized carbons (Fsp3) is 0. The van der Waals surface area contributed by atoms with Gasteiger partial charge in [-0.2, -0.15) is 9.97 Å². The van der Waals surface area contributed by atoms with Crippen LogP contribution in [0, 0.1) is 0 Å². The lowest BCUT2D eigenvalue weighted by Crippen LogP contribution is -2.24. The third-order valence-electron chi connectivity index (χ3n) is 3.63. The van der Waals surface area contributed by atoms with Crippen LogP contribution >= 0.6 is 0 Å². The average molecular weight is 309 g/mol. The fourth-order valence-electron chi connectivity index (χ4n) is 2.44. The molecule has 0 N–H and O–H groups in total. The van der Waals surface area contributed by atoms with Gasteiger partial charge >= 0.3 is 0 Å². The second-order valence-electron chi connectivity index (χ2n) is 5.30. The summed E-state index contributed by atoms with van der Waals surface area (Å²) in [5, 5.41) is 0. The monoisotopic (exact) mass is 309 g/mol. The molecule has 1 aliphatic heterocycles. The zero-order valence-corrected chi connectivity index (χ0v) is 12.9. The zero-order chi connectivity index (χ0) is 16.2. The average Bonchev–Trinajstić information content (AvgIpc) is 2.70. The molecular formula is C19H14BN4. The van der Waals surface area contributed by atoms with Crippen molar-refractivity contribution in [1.82, 2.24) is 15.0 Å². The standard InChI is InChI=1S/C19H14BN4/c1-3-9-15(10-4-1)17-21-18(16-11-5-2-6-12-16)23-19(22-17)24-14-8-7-13-20-24/h1-14H. The van der Waals surface area contributed by atoms with Crippen molar-refractivity contribution in [2.24, 2.45) is 0 Å². The van der Waals surface area contributed by atoms with Crippen molar-refractivity contribution in [3.05, 3.63) is 85.0 Å². The number of hydrogen-bond donors (Lipinski definition) is 0. The maximum atomic E-state index is 4.66. The van der Waals surface area contributed by atoms with Crippen LogP contribution in [-0.4, -0.2) is 22.4 Å². The molecule has 3 aromatic rings. The van der Waals surface area contributed by atoms with Crippen LogP contribution in [0.5, 0.6) is 0 Å². The van der Waals surface area contributed by atoms with Gasteiger partial charge in [-0.3, -0.25) is 0 Å². The lowest BCUT2D eigenvalue weighted by Gasteiger charge is -2.19. The second-order valence-corrected chi connectivity index (χ2v) is 5.30. The van der Waals surface area contributed by atoms with Crippen LogP contribution in [0.15, 0.2) is 85.0 Å². The number of rotatable bonds is 3. The Bertz CT molecular complexity index is 834. The van der Waals surface area contributed by atoms with E-state index < -0.39 is 0 Å². The first-order chi connectivity index (χ1) is 11.9. The highest BCUT2D eigenvalue weighted by atomic mass is 15.2. The van der Waals surface area contributed by atoms with Crippen LogP contribution in [0.3, 0.4) is 0 Å². The van der Waals surface area contributed by atoms with Crippen LogP contribution in [-0.2, 0) is 0 Å². The predicted molar refractivity (Wildman–Crippen MR) is 97.2 cm³/mol. The third-order valence-corrected chi connectivity index (χ3v) is 3.63. The van der Waals surface area contributed by atoms with E-state index in [0.717, 1.165) is 11.1 Å². The van der Waals surface area contributed by atoms with Gasteiger partial charge in [0.15, 0.2) is 11.6 Å². The minimum Gasteiger partial charge on any atom is -0.362 e. The van der Waals surface area contributed by atoms with Gasteiger partial charge < -0.3 is 4.81 Å². The fourth-order valence-corrected chi connectivity index (χ4v) is 2.44. The van der Waals surface area contributed by atoms with E-state index in [4.69, 9.17) is 0 Å². The number of hydrogen-bond acceptors (Lipinski definition) is 4. The predicted octanol–water partition coefficient (Wildman–Crippen LogP) is 3.67. The van der Waals surface area contributed by atoms with Crippen LogP contribution in [0.1, 0.15) is 0 Å². The first-order valence-corrected chi connectivity index (χ1v) is 7.74. The minimum atomic E-state index is 0.600. The van der Waals surface area contributed by atoms with E-state index in [9.17, 15) is 0 Å². The Balaban J connectivity index is 1.85. The molecule has 0 spiro atoms. The highest BCUT2D eigenvalue weighted by Crippen LogP contribution is 2.23. The minimum absolute atomic E-state index is 0.600. The summed E-state index contributed by atoms with van der Waals surface area (Å²) in [4.78, 5) is 15.8. The lowest BCUT2D eigenvalue weighted by atomic mass is 9.89. The molecule has 1 aromatic heterocycles. The van der Waals surface area contributed by atoms with Gasteiger partial charge in [0.1, 0.15) is 0 Å². The van der Waals surface area contributed by atoms with E-state index in [-0.39, 0.29) is 0 Å². The van der Waals surface area contributed by atoms with Gasteiger partial charge in [-0.15, -0.1) is 0 Å². The summed E-state index contributed by atoms with van der Waals surface area (Å²) in [5.41, 5.74) is 1.93. The molecule has 1 radical (unpaired) electrons. The van der Waals surface area contributed by atoms with Gasteiger partial charge in [-0.05, 0) is 12.3 Å². The zero-order valence-electron chi connectivity index (χ0n) is 12.9. The molecule has 0 atom stereocenters. The Morgan fingerprint density at radius 3 is 1.75 bits per heavy atom. The van der Waals surface area contributed by atoms with E-state index >= 15 is 0 Å². The second kappa shape index (κ2) is 6.50. The maximum absolute atomic E-state index is 4.66. The van der Waals surface area contributed by atoms with Gasteiger partial charge in [0, 0.05) is 11.1 Å². The van der Waals surface area contributed by atoms with Crippen LogP contribution in [0.2, 0.25) is 0 Å². The molecule has 0 unspecified atom stereocenters. The smallest absolute Gasteiger partial charge is 0.286 e. The summed E-state index contributed by atoms with van der Waals surface area (Å²) in [7, 11) is 1.93. The van der Waals surface area contributed by atoms with E-state index in [2.05, 4.69) is 15.0 Å². The molecule has 4 nitrogen and oxygen atoms in total. The molecule has 5 heteroatoms. The van der Waals surface area contributed by atoms with Gasteiger partial charge in [-0.1, -0.05) is 72.7 Å². The van der Waals surface area contributed by atoms with Gasteiger partial charge in [0.2, 0.25) is 5.95 Å². The summed E-state index contributed by atoms with van der Waals surface area (Å²) >= 11 is 0. The van der Waals surface area contributed by atoms with E-state index in [1.807, 2.05) is 97.2 Å². The van der Waals surface area contributed by atoms with Crippen molar-refractivity contribution in [1.29, 1.82) is 0 Å². The molecule has 0 bridgehead atoms. The largest absolute Gasteiger partial charge is 0.362 e. The molecule has 0 aliphatic carbocycles. The summed E-state index contributed by atoms with van der Waals surface area (Å²) in [5.74, 6) is 3.88. The lowest BCUT2D eigenvalue weighted by molar-refractivity contribution is 1.04. The Kier molecular flexibility index (Phi) is 3.90. The molecule has 0 saturated carbocycles. The molecule has 2 aromatic carbocycles. The highest BCUT2D eigenvalue weighted by molar-refractivity contribution is 6.48. The summed E-state index contributed by atoms with van der Waals surface area (Å²) in [6, 6.07) is 19.9. The van der Waals surface area contributed by atoms with Crippen molar-refractivity contribution >= 4 is 13.4 Å². The summed E-state index contributed by atoms with van der Waals surface area (Å²) < 4.78 is 0. The Labute approximate surface area is 141 Å². The van der Waals surface area contributed by atoms with Crippen LogP contribution in [0.4, 0.5) is 5.95 Å². The molecule has 2 heterocycles. The molecular weight excluding hydrogens is 295 g/mol. The number of anilines is 1. The van der Waals surface area contributed by atoms with Crippen LogP contribution < -0.4 is 4.81 Å². The molecule has 24 heavy (non-hydrogen) atoms. The first kappa shape index (κ1) is 14.4. The molecule has 0 amide bonds. The van der Waals surface area contributed by atoms with E-state index in [1.54, 1.807) is 0 Å². The number of nitrogens with zero attached hydrogens (tertiary/aromatic N) is 4.